The summed E-state index contributed by atoms with van der Waals surface area (Å²) in [6, 6.07) is 8.85. The van der Waals surface area contributed by atoms with Gasteiger partial charge in [-0.3, -0.25) is 9.55 Å². The Morgan fingerprint density at radius 3 is 2.31 bits per heavy atom. The number of sulfone groups is 1. The maximum atomic E-state index is 13.4. The molecule has 12 heteroatoms. The first kappa shape index (κ1) is 25.2. The van der Waals surface area contributed by atoms with Gasteiger partial charge in [0.15, 0.2) is 27.3 Å². The first-order chi connectivity index (χ1) is 17.2. The lowest BCUT2D eigenvalue weighted by atomic mass is 10.2. The van der Waals surface area contributed by atoms with Crippen molar-refractivity contribution in [2.45, 2.75) is 31.3 Å². The highest BCUT2D eigenvalue weighted by Crippen LogP contribution is 2.36. The zero-order valence-electron chi connectivity index (χ0n) is 20.2. The summed E-state index contributed by atoms with van der Waals surface area (Å²) >= 11 is 0. The molecule has 36 heavy (non-hydrogen) atoms. The van der Waals surface area contributed by atoms with Crippen LogP contribution in [0.4, 0.5) is 4.39 Å². The van der Waals surface area contributed by atoms with Gasteiger partial charge in [0.05, 0.1) is 31.9 Å². The van der Waals surface area contributed by atoms with Gasteiger partial charge in [-0.1, -0.05) is 6.07 Å². The third kappa shape index (κ3) is 5.18. The standard InChI is InChI=1S/C24H25FN6O4S/c1-15-10-17(8-9-26-15)24-30-29-22(31(24)23-19(34-3)6-5-7-20(23)35-4)14-36(32,33)16(2)11-21-27-12-18(25)13-28-21/h5-10,12-13,16H,11,14H2,1-4H3/t16-/m1/s1. The van der Waals surface area contributed by atoms with E-state index in [9.17, 15) is 12.8 Å². The van der Waals surface area contributed by atoms with E-state index in [1.165, 1.54) is 14.2 Å². The van der Waals surface area contributed by atoms with Crippen LogP contribution in [0.2, 0.25) is 0 Å². The van der Waals surface area contributed by atoms with Crippen molar-refractivity contribution in [1.82, 2.24) is 29.7 Å². The van der Waals surface area contributed by atoms with E-state index < -0.39 is 26.7 Å². The molecule has 0 aliphatic rings. The summed E-state index contributed by atoms with van der Waals surface area (Å²) in [4.78, 5) is 12.0. The molecule has 0 unspecified atom stereocenters. The van der Waals surface area contributed by atoms with Crippen molar-refractivity contribution in [1.29, 1.82) is 0 Å². The Morgan fingerprint density at radius 2 is 1.69 bits per heavy atom. The Hall–Kier alpha value is -3.93. The summed E-state index contributed by atoms with van der Waals surface area (Å²) in [6.45, 7) is 3.40. The minimum Gasteiger partial charge on any atom is -0.494 e. The van der Waals surface area contributed by atoms with Gasteiger partial charge in [-0.25, -0.2) is 22.8 Å². The van der Waals surface area contributed by atoms with Gasteiger partial charge in [0.1, 0.15) is 28.8 Å². The summed E-state index contributed by atoms with van der Waals surface area (Å²) in [5.41, 5.74) is 1.92. The van der Waals surface area contributed by atoms with E-state index in [1.54, 1.807) is 42.0 Å². The van der Waals surface area contributed by atoms with E-state index in [4.69, 9.17) is 9.47 Å². The molecule has 188 valence electrons. The van der Waals surface area contributed by atoms with Gasteiger partial charge in [0.2, 0.25) is 0 Å². The fourth-order valence-corrected chi connectivity index (χ4v) is 4.95. The van der Waals surface area contributed by atoms with E-state index >= 15 is 0 Å². The first-order valence-electron chi connectivity index (χ1n) is 11.0. The minimum atomic E-state index is -3.76. The van der Waals surface area contributed by atoms with Gasteiger partial charge in [0.25, 0.3) is 0 Å². The molecular weight excluding hydrogens is 487 g/mol. The Bertz CT molecular complexity index is 1450. The lowest BCUT2D eigenvalue weighted by Crippen LogP contribution is -2.24. The molecule has 0 amide bonds. The Morgan fingerprint density at radius 1 is 1.03 bits per heavy atom. The molecule has 0 spiro atoms. The van der Waals surface area contributed by atoms with Crippen molar-refractivity contribution in [3.8, 4) is 28.6 Å². The van der Waals surface area contributed by atoms with Crippen LogP contribution in [0.5, 0.6) is 11.5 Å². The number of aryl methyl sites for hydroxylation is 1. The van der Waals surface area contributed by atoms with Gasteiger partial charge in [0, 0.05) is 23.9 Å². The number of hydrogen-bond donors (Lipinski definition) is 0. The Kier molecular flexibility index (Phi) is 7.25. The van der Waals surface area contributed by atoms with Crippen LogP contribution in [0.1, 0.15) is 24.3 Å². The second kappa shape index (κ2) is 10.4. The van der Waals surface area contributed by atoms with Gasteiger partial charge in [-0.2, -0.15) is 0 Å². The van der Waals surface area contributed by atoms with Crippen molar-refractivity contribution >= 4 is 9.84 Å². The van der Waals surface area contributed by atoms with Gasteiger partial charge >= 0.3 is 0 Å². The van der Waals surface area contributed by atoms with E-state index in [1.807, 2.05) is 13.0 Å². The molecule has 0 N–H and O–H groups in total. The van der Waals surface area contributed by atoms with Crippen molar-refractivity contribution in [3.63, 3.8) is 0 Å². The number of aromatic nitrogens is 6. The molecule has 3 aromatic heterocycles. The van der Waals surface area contributed by atoms with Crippen molar-refractivity contribution in [2.24, 2.45) is 0 Å². The molecule has 0 saturated carbocycles. The molecule has 1 aromatic carbocycles. The topological polar surface area (TPSA) is 122 Å². The monoisotopic (exact) mass is 512 g/mol. The van der Waals surface area contributed by atoms with Crippen LogP contribution in [0, 0.1) is 12.7 Å². The largest absolute Gasteiger partial charge is 0.494 e. The third-order valence-corrected chi connectivity index (χ3v) is 7.65. The maximum Gasteiger partial charge on any atom is 0.168 e. The van der Waals surface area contributed by atoms with E-state index in [-0.39, 0.29) is 18.1 Å². The van der Waals surface area contributed by atoms with Crippen molar-refractivity contribution < 1.29 is 22.3 Å². The average molecular weight is 513 g/mol. The highest BCUT2D eigenvalue weighted by atomic mass is 32.2. The number of para-hydroxylation sites is 1. The van der Waals surface area contributed by atoms with Gasteiger partial charge < -0.3 is 9.47 Å². The van der Waals surface area contributed by atoms with Gasteiger partial charge in [-0.05, 0) is 38.1 Å². The van der Waals surface area contributed by atoms with Crippen LogP contribution in [-0.2, 0) is 22.0 Å². The van der Waals surface area contributed by atoms with Crippen LogP contribution >= 0.6 is 0 Å². The Balaban J connectivity index is 1.81. The van der Waals surface area contributed by atoms with Crippen LogP contribution in [0.3, 0.4) is 0 Å². The van der Waals surface area contributed by atoms with E-state index in [2.05, 4.69) is 25.1 Å². The molecule has 0 bridgehead atoms. The molecular formula is C24H25FN6O4S. The quantitative estimate of drug-likeness (QED) is 0.333. The average Bonchev–Trinajstić information content (AvgIpc) is 3.27. The van der Waals surface area contributed by atoms with Crippen LogP contribution < -0.4 is 9.47 Å². The Labute approximate surface area is 208 Å². The van der Waals surface area contributed by atoms with Gasteiger partial charge in [-0.15, -0.1) is 10.2 Å². The number of benzene rings is 1. The predicted octanol–water partition coefficient (Wildman–Crippen LogP) is 3.13. The summed E-state index contributed by atoms with van der Waals surface area (Å²) in [5, 5.41) is 7.73. The molecule has 0 radical (unpaired) electrons. The summed E-state index contributed by atoms with van der Waals surface area (Å²) in [6.07, 6.45) is 3.68. The van der Waals surface area contributed by atoms with Crippen LogP contribution in [0.15, 0.2) is 48.9 Å². The third-order valence-electron chi connectivity index (χ3n) is 5.60. The number of hydrogen-bond acceptors (Lipinski definition) is 9. The first-order valence-corrected chi connectivity index (χ1v) is 12.7. The second-order valence-electron chi connectivity index (χ2n) is 8.11. The van der Waals surface area contributed by atoms with Crippen LogP contribution in [-0.4, -0.2) is 57.6 Å². The summed E-state index contributed by atoms with van der Waals surface area (Å²) in [5.74, 6) is 0.700. The molecule has 4 aromatic rings. The lowest BCUT2D eigenvalue weighted by molar-refractivity contribution is 0.391. The van der Waals surface area contributed by atoms with Crippen molar-refractivity contribution in [2.75, 3.05) is 14.2 Å². The maximum absolute atomic E-state index is 13.4. The minimum absolute atomic E-state index is 0.0190. The highest BCUT2D eigenvalue weighted by Gasteiger charge is 2.29. The highest BCUT2D eigenvalue weighted by molar-refractivity contribution is 7.91. The number of halogens is 1. The number of rotatable bonds is 9. The smallest absolute Gasteiger partial charge is 0.168 e. The SMILES string of the molecule is COc1cccc(OC)c1-n1c(CS(=O)(=O)[C@H](C)Cc2ncc(F)cn2)nnc1-c1ccnc(C)c1. The fraction of sp³-hybridized carbons (Fsp3) is 0.292. The van der Waals surface area contributed by atoms with Crippen molar-refractivity contribution in [3.05, 3.63) is 72.1 Å². The zero-order chi connectivity index (χ0) is 25.9. The molecule has 0 saturated heterocycles. The van der Waals surface area contributed by atoms with E-state index in [0.717, 1.165) is 18.1 Å². The lowest BCUT2D eigenvalue weighted by Gasteiger charge is -2.18. The zero-order valence-corrected chi connectivity index (χ0v) is 21.0. The molecule has 4 rings (SSSR count). The normalized spacial score (nSPS) is 12.4. The second-order valence-corrected chi connectivity index (χ2v) is 10.5. The summed E-state index contributed by atoms with van der Waals surface area (Å²) < 4.78 is 52.7. The number of pyridine rings is 1. The predicted molar refractivity (Wildman–Crippen MR) is 130 cm³/mol. The molecule has 3 heterocycles. The number of methoxy groups -OCH3 is 2. The summed E-state index contributed by atoms with van der Waals surface area (Å²) in [7, 11) is -0.731. The molecule has 0 aliphatic heterocycles. The fourth-order valence-electron chi connectivity index (χ4n) is 3.72. The molecule has 1 atom stereocenters. The number of ether oxygens (including phenoxy) is 2. The molecule has 0 fully saturated rings. The van der Waals surface area contributed by atoms with Crippen LogP contribution in [0.25, 0.3) is 17.1 Å². The van der Waals surface area contributed by atoms with E-state index in [0.29, 0.717) is 28.6 Å². The number of nitrogens with zero attached hydrogens (tertiary/aromatic N) is 6. The molecule has 10 nitrogen and oxygen atoms in total. The molecule has 0 aliphatic carbocycles.